The predicted molar refractivity (Wildman–Crippen MR) is 97.1 cm³/mol. The van der Waals surface area contributed by atoms with E-state index in [0.29, 0.717) is 18.8 Å². The van der Waals surface area contributed by atoms with Gasteiger partial charge in [-0.05, 0) is 43.7 Å². The van der Waals surface area contributed by atoms with Crippen molar-refractivity contribution in [3.05, 3.63) is 54.0 Å². The van der Waals surface area contributed by atoms with Crippen LogP contribution < -0.4 is 10.6 Å². The highest BCUT2D eigenvalue weighted by atomic mass is 16.3. The van der Waals surface area contributed by atoms with Gasteiger partial charge in [0.2, 0.25) is 11.8 Å². The van der Waals surface area contributed by atoms with Gasteiger partial charge in [-0.15, -0.1) is 0 Å². The van der Waals surface area contributed by atoms with E-state index in [0.717, 1.165) is 17.7 Å². The molecule has 0 aliphatic heterocycles. The Balaban J connectivity index is 1.83. The highest BCUT2D eigenvalue weighted by molar-refractivity contribution is 5.93. The molecule has 0 atom stereocenters. The molecule has 0 spiro atoms. The van der Waals surface area contributed by atoms with Crippen LogP contribution in [0.3, 0.4) is 0 Å². The molecule has 1 aromatic heterocycles. The summed E-state index contributed by atoms with van der Waals surface area (Å²) in [4.78, 5) is 26.2. The lowest BCUT2D eigenvalue weighted by Gasteiger charge is -2.20. The first-order valence-corrected chi connectivity index (χ1v) is 8.45. The monoisotopic (exact) mass is 343 g/mol. The fourth-order valence-corrected chi connectivity index (χ4v) is 2.49. The molecule has 0 bridgehead atoms. The first-order chi connectivity index (χ1) is 12.1. The number of nitrogens with one attached hydrogen (secondary N) is 2. The standard InChI is InChI=1S/C19H25N3O3/c1-3-10-22(13-18(23)20-12-16-8-6-11-25-16)14-19(24)21-17-9-5-4-7-15(17)2/h4-9,11H,3,10,12-14H2,1-2H3,(H,20,23)(H,21,24). The van der Waals surface area contributed by atoms with Crippen molar-refractivity contribution in [1.82, 2.24) is 10.2 Å². The van der Waals surface area contributed by atoms with Crippen molar-refractivity contribution in [3.63, 3.8) is 0 Å². The maximum Gasteiger partial charge on any atom is 0.238 e. The van der Waals surface area contributed by atoms with Crippen LogP contribution in [0.2, 0.25) is 0 Å². The van der Waals surface area contributed by atoms with Crippen molar-refractivity contribution in [1.29, 1.82) is 0 Å². The summed E-state index contributed by atoms with van der Waals surface area (Å²) in [5.41, 5.74) is 1.81. The molecule has 0 saturated heterocycles. The SMILES string of the molecule is CCCN(CC(=O)NCc1ccco1)CC(=O)Nc1ccccc1C. The maximum absolute atomic E-state index is 12.3. The van der Waals surface area contributed by atoms with E-state index >= 15 is 0 Å². The first-order valence-electron chi connectivity index (χ1n) is 8.45. The van der Waals surface area contributed by atoms with Crippen LogP contribution in [-0.2, 0) is 16.1 Å². The summed E-state index contributed by atoms with van der Waals surface area (Å²) in [5.74, 6) is 0.447. The summed E-state index contributed by atoms with van der Waals surface area (Å²) in [6.07, 6.45) is 2.43. The summed E-state index contributed by atoms with van der Waals surface area (Å²) in [7, 11) is 0. The zero-order valence-corrected chi connectivity index (χ0v) is 14.7. The van der Waals surface area contributed by atoms with E-state index in [9.17, 15) is 9.59 Å². The number of carbonyl (C=O) groups is 2. The summed E-state index contributed by atoms with van der Waals surface area (Å²) < 4.78 is 5.19. The molecule has 134 valence electrons. The summed E-state index contributed by atoms with van der Waals surface area (Å²) in [6.45, 7) is 5.34. The Morgan fingerprint density at radius 1 is 1.08 bits per heavy atom. The number of hydrogen-bond acceptors (Lipinski definition) is 4. The number of para-hydroxylation sites is 1. The Bertz CT molecular complexity index is 683. The van der Waals surface area contributed by atoms with Gasteiger partial charge in [-0.1, -0.05) is 25.1 Å². The van der Waals surface area contributed by atoms with Crippen LogP contribution in [0.1, 0.15) is 24.7 Å². The van der Waals surface area contributed by atoms with E-state index in [4.69, 9.17) is 4.42 Å². The van der Waals surface area contributed by atoms with Gasteiger partial charge in [0, 0.05) is 5.69 Å². The van der Waals surface area contributed by atoms with Gasteiger partial charge in [0.25, 0.3) is 0 Å². The minimum Gasteiger partial charge on any atom is -0.467 e. The molecule has 2 amide bonds. The number of benzene rings is 1. The molecule has 2 rings (SSSR count). The lowest BCUT2D eigenvalue weighted by atomic mass is 10.2. The highest BCUT2D eigenvalue weighted by Gasteiger charge is 2.14. The maximum atomic E-state index is 12.3. The smallest absolute Gasteiger partial charge is 0.238 e. The van der Waals surface area contributed by atoms with E-state index in [-0.39, 0.29) is 24.9 Å². The van der Waals surface area contributed by atoms with Crippen LogP contribution in [0, 0.1) is 6.92 Å². The topological polar surface area (TPSA) is 74.6 Å². The molecular weight excluding hydrogens is 318 g/mol. The molecule has 6 heteroatoms. The second-order valence-electron chi connectivity index (χ2n) is 5.93. The van der Waals surface area contributed by atoms with Crippen molar-refractivity contribution in [3.8, 4) is 0 Å². The Hall–Kier alpha value is -2.60. The number of hydrogen-bond donors (Lipinski definition) is 2. The number of carbonyl (C=O) groups excluding carboxylic acids is 2. The molecule has 0 aliphatic rings. The number of furan rings is 1. The quantitative estimate of drug-likeness (QED) is 0.734. The number of rotatable bonds is 9. The zero-order chi connectivity index (χ0) is 18.1. The fourth-order valence-electron chi connectivity index (χ4n) is 2.49. The largest absolute Gasteiger partial charge is 0.467 e. The lowest BCUT2D eigenvalue weighted by molar-refractivity contribution is -0.123. The minimum absolute atomic E-state index is 0.124. The highest BCUT2D eigenvalue weighted by Crippen LogP contribution is 2.12. The van der Waals surface area contributed by atoms with Gasteiger partial charge >= 0.3 is 0 Å². The molecule has 1 aromatic carbocycles. The summed E-state index contributed by atoms with van der Waals surface area (Å²) in [6, 6.07) is 11.2. The Morgan fingerprint density at radius 3 is 2.52 bits per heavy atom. The van der Waals surface area contributed by atoms with Crippen LogP contribution in [0.25, 0.3) is 0 Å². The van der Waals surface area contributed by atoms with E-state index in [1.807, 2.05) is 43.0 Å². The number of amides is 2. The van der Waals surface area contributed by atoms with Crippen molar-refractivity contribution in [2.45, 2.75) is 26.8 Å². The molecule has 0 radical (unpaired) electrons. The number of anilines is 1. The molecular formula is C19H25N3O3. The summed E-state index contributed by atoms with van der Waals surface area (Å²) in [5, 5.41) is 5.70. The van der Waals surface area contributed by atoms with Gasteiger partial charge in [0.1, 0.15) is 5.76 Å². The second-order valence-corrected chi connectivity index (χ2v) is 5.93. The third-order valence-corrected chi connectivity index (χ3v) is 3.73. The van der Waals surface area contributed by atoms with Crippen molar-refractivity contribution in [2.75, 3.05) is 25.0 Å². The molecule has 2 aromatic rings. The number of nitrogens with zero attached hydrogens (tertiary/aromatic N) is 1. The molecule has 2 N–H and O–H groups in total. The van der Waals surface area contributed by atoms with Gasteiger partial charge in [0.15, 0.2) is 0 Å². The molecule has 6 nitrogen and oxygen atoms in total. The van der Waals surface area contributed by atoms with Crippen molar-refractivity contribution < 1.29 is 14.0 Å². The Labute approximate surface area is 148 Å². The minimum atomic E-state index is -0.131. The molecule has 0 aliphatic carbocycles. The van der Waals surface area contributed by atoms with E-state index < -0.39 is 0 Å². The summed E-state index contributed by atoms with van der Waals surface area (Å²) >= 11 is 0. The van der Waals surface area contributed by atoms with Crippen LogP contribution in [-0.4, -0.2) is 36.3 Å². The first kappa shape index (κ1) is 18.7. The van der Waals surface area contributed by atoms with Gasteiger partial charge in [-0.2, -0.15) is 0 Å². The van der Waals surface area contributed by atoms with Crippen molar-refractivity contribution >= 4 is 17.5 Å². The lowest BCUT2D eigenvalue weighted by Crippen LogP contribution is -2.41. The zero-order valence-electron chi connectivity index (χ0n) is 14.7. The average molecular weight is 343 g/mol. The second kappa shape index (κ2) is 9.64. The van der Waals surface area contributed by atoms with Crippen LogP contribution in [0.4, 0.5) is 5.69 Å². The molecule has 0 unspecified atom stereocenters. The molecule has 0 fully saturated rings. The third kappa shape index (κ3) is 6.43. The van der Waals surface area contributed by atoms with Crippen molar-refractivity contribution in [2.24, 2.45) is 0 Å². The van der Waals surface area contributed by atoms with Gasteiger partial charge in [0.05, 0.1) is 25.9 Å². The van der Waals surface area contributed by atoms with E-state index in [2.05, 4.69) is 10.6 Å². The third-order valence-electron chi connectivity index (χ3n) is 3.73. The molecule has 0 saturated carbocycles. The number of aryl methyl sites for hydroxylation is 1. The Morgan fingerprint density at radius 2 is 1.84 bits per heavy atom. The Kier molecular flexibility index (Phi) is 7.22. The van der Waals surface area contributed by atoms with Gasteiger partial charge in [-0.3, -0.25) is 14.5 Å². The van der Waals surface area contributed by atoms with Gasteiger partial charge in [-0.25, -0.2) is 0 Å². The van der Waals surface area contributed by atoms with Crippen LogP contribution in [0.5, 0.6) is 0 Å². The normalized spacial score (nSPS) is 10.7. The van der Waals surface area contributed by atoms with E-state index in [1.165, 1.54) is 0 Å². The van der Waals surface area contributed by atoms with Crippen LogP contribution in [0.15, 0.2) is 47.1 Å². The fraction of sp³-hybridized carbons (Fsp3) is 0.368. The molecule has 25 heavy (non-hydrogen) atoms. The predicted octanol–water partition coefficient (Wildman–Crippen LogP) is 2.55. The van der Waals surface area contributed by atoms with Gasteiger partial charge < -0.3 is 15.1 Å². The molecule has 1 heterocycles. The van der Waals surface area contributed by atoms with E-state index in [1.54, 1.807) is 18.4 Å². The average Bonchev–Trinajstić information content (AvgIpc) is 3.09. The van der Waals surface area contributed by atoms with Crippen LogP contribution >= 0.6 is 0 Å².